The van der Waals surface area contributed by atoms with Crippen LogP contribution in [-0.4, -0.2) is 45.9 Å². The van der Waals surface area contributed by atoms with E-state index in [0.29, 0.717) is 40.9 Å². The Morgan fingerprint density at radius 3 is 2.27 bits per heavy atom. The van der Waals surface area contributed by atoms with Gasteiger partial charge in [0.2, 0.25) is 18.3 Å². The van der Waals surface area contributed by atoms with Crippen molar-refractivity contribution < 1.29 is 33.5 Å². The number of benzene rings is 2. The van der Waals surface area contributed by atoms with Crippen LogP contribution in [0.15, 0.2) is 18.2 Å². The molecule has 7 nitrogen and oxygen atoms in total. The largest absolute Gasteiger partial charge is 0.493 e. The molecule has 0 spiro atoms. The summed E-state index contributed by atoms with van der Waals surface area (Å²) < 4.78 is 33.7. The van der Waals surface area contributed by atoms with Crippen molar-refractivity contribution >= 4 is 0 Å². The van der Waals surface area contributed by atoms with Crippen LogP contribution in [0.2, 0.25) is 0 Å². The molecule has 0 aromatic heterocycles. The average Bonchev–Trinajstić information content (AvgIpc) is 3.21. The van der Waals surface area contributed by atoms with Gasteiger partial charge in [-0.2, -0.15) is 0 Å². The highest BCUT2D eigenvalue weighted by Gasteiger charge is 2.45. The number of hydrogen-bond acceptors (Lipinski definition) is 7. The summed E-state index contributed by atoms with van der Waals surface area (Å²) in [6.45, 7) is 4.06. The van der Waals surface area contributed by atoms with Crippen molar-refractivity contribution in [1.82, 2.24) is 0 Å². The molecule has 3 atom stereocenters. The molecule has 2 aromatic carbocycles. The summed E-state index contributed by atoms with van der Waals surface area (Å²) in [7, 11) is 6.40. The second-order valence-corrected chi connectivity index (χ2v) is 7.98. The first-order chi connectivity index (χ1) is 14.4. The van der Waals surface area contributed by atoms with Crippen LogP contribution in [0.5, 0.6) is 34.5 Å². The average molecular weight is 416 g/mol. The van der Waals surface area contributed by atoms with Gasteiger partial charge in [0.15, 0.2) is 23.0 Å². The Hall–Kier alpha value is -2.80. The Morgan fingerprint density at radius 2 is 1.63 bits per heavy atom. The zero-order valence-electron chi connectivity index (χ0n) is 18.2. The summed E-state index contributed by atoms with van der Waals surface area (Å²) in [6.07, 6.45) is 0.471. The number of fused-ring (bicyclic) bond motifs is 2. The van der Waals surface area contributed by atoms with Crippen molar-refractivity contribution in [3.05, 3.63) is 34.9 Å². The van der Waals surface area contributed by atoms with E-state index in [1.807, 2.05) is 32.0 Å². The third-order valence-electron chi connectivity index (χ3n) is 6.33. The SMILES string of the molecule is COc1cc([C@@H]2c3c(cc(OC)c(OC)c3OC)C[C@@](C)(O)[C@H]2C)cc2c1OCO2. The van der Waals surface area contributed by atoms with Gasteiger partial charge in [-0.1, -0.05) is 6.92 Å². The lowest BCUT2D eigenvalue weighted by Gasteiger charge is -2.43. The summed E-state index contributed by atoms with van der Waals surface area (Å²) >= 11 is 0. The first-order valence-electron chi connectivity index (χ1n) is 9.87. The summed E-state index contributed by atoms with van der Waals surface area (Å²) in [5.41, 5.74) is 1.92. The van der Waals surface area contributed by atoms with E-state index in [9.17, 15) is 5.11 Å². The third kappa shape index (κ3) is 2.99. The highest BCUT2D eigenvalue weighted by molar-refractivity contribution is 5.65. The van der Waals surface area contributed by atoms with Gasteiger partial charge in [0.25, 0.3) is 0 Å². The van der Waals surface area contributed by atoms with Crippen LogP contribution in [0.25, 0.3) is 0 Å². The summed E-state index contributed by atoms with van der Waals surface area (Å²) in [5.74, 6) is 3.21. The predicted octanol–water partition coefficient (Wildman–Crippen LogP) is 3.52. The Kier molecular flexibility index (Phi) is 5.10. The molecule has 1 aliphatic carbocycles. The number of hydrogen-bond donors (Lipinski definition) is 1. The van der Waals surface area contributed by atoms with Gasteiger partial charge < -0.3 is 33.5 Å². The summed E-state index contributed by atoms with van der Waals surface area (Å²) in [6, 6.07) is 5.82. The molecule has 7 heteroatoms. The predicted molar refractivity (Wildman–Crippen MR) is 111 cm³/mol. The highest BCUT2D eigenvalue weighted by Crippen LogP contribution is 2.55. The second-order valence-electron chi connectivity index (χ2n) is 7.98. The minimum atomic E-state index is -0.939. The number of ether oxygens (including phenoxy) is 6. The Bertz CT molecular complexity index is 967. The van der Waals surface area contributed by atoms with E-state index < -0.39 is 5.60 Å². The second kappa shape index (κ2) is 7.47. The minimum Gasteiger partial charge on any atom is -0.493 e. The Labute approximate surface area is 176 Å². The van der Waals surface area contributed by atoms with Crippen LogP contribution in [0, 0.1) is 5.92 Å². The fraction of sp³-hybridized carbons (Fsp3) is 0.478. The number of rotatable bonds is 5. The third-order valence-corrected chi connectivity index (χ3v) is 6.33. The van der Waals surface area contributed by atoms with Crippen LogP contribution in [0.3, 0.4) is 0 Å². The molecule has 0 fully saturated rings. The van der Waals surface area contributed by atoms with Gasteiger partial charge >= 0.3 is 0 Å². The smallest absolute Gasteiger partial charge is 0.231 e. The topological polar surface area (TPSA) is 75.6 Å². The molecule has 0 unspecified atom stereocenters. The van der Waals surface area contributed by atoms with Crippen LogP contribution < -0.4 is 28.4 Å². The molecule has 1 N–H and O–H groups in total. The molecular formula is C23H28O7. The molecule has 30 heavy (non-hydrogen) atoms. The van der Waals surface area contributed by atoms with Crippen molar-refractivity contribution in [3.63, 3.8) is 0 Å². The van der Waals surface area contributed by atoms with Gasteiger partial charge in [-0.25, -0.2) is 0 Å². The fourth-order valence-electron chi connectivity index (χ4n) is 4.66. The molecule has 1 aliphatic heterocycles. The molecule has 0 radical (unpaired) electrons. The van der Waals surface area contributed by atoms with E-state index in [1.165, 1.54) is 0 Å². The van der Waals surface area contributed by atoms with Gasteiger partial charge in [0, 0.05) is 17.9 Å². The van der Waals surface area contributed by atoms with Crippen molar-refractivity contribution in [1.29, 1.82) is 0 Å². The lowest BCUT2D eigenvalue weighted by Crippen LogP contribution is -2.43. The molecule has 4 rings (SSSR count). The van der Waals surface area contributed by atoms with Gasteiger partial charge in [0.05, 0.1) is 34.0 Å². The molecule has 2 aliphatic rings. The maximum Gasteiger partial charge on any atom is 0.231 e. The summed E-state index contributed by atoms with van der Waals surface area (Å²) in [4.78, 5) is 0. The van der Waals surface area contributed by atoms with E-state index in [1.54, 1.807) is 28.4 Å². The molecule has 0 saturated heterocycles. The maximum absolute atomic E-state index is 11.3. The van der Waals surface area contributed by atoms with E-state index in [0.717, 1.165) is 16.7 Å². The van der Waals surface area contributed by atoms with Gasteiger partial charge in [-0.3, -0.25) is 0 Å². The first-order valence-corrected chi connectivity index (χ1v) is 9.87. The zero-order valence-corrected chi connectivity index (χ0v) is 18.2. The molecule has 1 heterocycles. The minimum absolute atomic E-state index is 0.123. The standard InChI is InChI=1S/C23H28O7/c1-12-18(13-7-15(25-3)20-17(8-13)29-11-30-20)19-14(10-23(12,2)24)9-16(26-4)21(27-5)22(19)28-6/h7-9,12,18,24H,10-11H2,1-6H3/t12-,18+,23+/m0/s1. The fourth-order valence-corrected chi connectivity index (χ4v) is 4.66. The lowest BCUT2D eigenvalue weighted by atomic mass is 9.65. The van der Waals surface area contributed by atoms with Gasteiger partial charge in [-0.05, 0) is 42.2 Å². The summed E-state index contributed by atoms with van der Waals surface area (Å²) in [5, 5.41) is 11.3. The Morgan fingerprint density at radius 1 is 0.933 bits per heavy atom. The van der Waals surface area contributed by atoms with Crippen molar-refractivity contribution in [2.24, 2.45) is 5.92 Å². The van der Waals surface area contributed by atoms with E-state index in [4.69, 9.17) is 28.4 Å². The molecule has 162 valence electrons. The quantitative estimate of drug-likeness (QED) is 0.799. The van der Waals surface area contributed by atoms with Crippen LogP contribution in [-0.2, 0) is 6.42 Å². The first kappa shape index (κ1) is 20.5. The van der Waals surface area contributed by atoms with Gasteiger partial charge in [-0.15, -0.1) is 0 Å². The van der Waals surface area contributed by atoms with E-state index in [-0.39, 0.29) is 18.6 Å². The zero-order chi connectivity index (χ0) is 21.6. The molecule has 0 bridgehead atoms. The lowest BCUT2D eigenvalue weighted by molar-refractivity contribution is -0.00786. The maximum atomic E-state index is 11.3. The molecule has 2 aromatic rings. The molecule has 0 amide bonds. The Balaban J connectivity index is 2.00. The monoisotopic (exact) mass is 416 g/mol. The molecular weight excluding hydrogens is 388 g/mol. The normalized spacial score (nSPS) is 24.2. The number of aliphatic hydroxyl groups is 1. The van der Waals surface area contributed by atoms with E-state index in [2.05, 4.69) is 0 Å². The van der Waals surface area contributed by atoms with Crippen LogP contribution in [0.4, 0.5) is 0 Å². The highest BCUT2D eigenvalue weighted by atomic mass is 16.7. The van der Waals surface area contributed by atoms with Crippen molar-refractivity contribution in [2.45, 2.75) is 31.8 Å². The van der Waals surface area contributed by atoms with Gasteiger partial charge in [0.1, 0.15) is 0 Å². The van der Waals surface area contributed by atoms with Crippen molar-refractivity contribution in [2.75, 3.05) is 35.2 Å². The van der Waals surface area contributed by atoms with Crippen molar-refractivity contribution in [3.8, 4) is 34.5 Å². The van der Waals surface area contributed by atoms with Crippen LogP contribution in [0.1, 0.15) is 36.5 Å². The molecule has 0 saturated carbocycles. The van der Waals surface area contributed by atoms with E-state index >= 15 is 0 Å². The van der Waals surface area contributed by atoms with Crippen LogP contribution >= 0.6 is 0 Å². The number of methoxy groups -OCH3 is 4.